The number of aromatic nitrogens is 2. The first kappa shape index (κ1) is 17.4. The summed E-state index contributed by atoms with van der Waals surface area (Å²) in [7, 11) is 4.04. The summed E-state index contributed by atoms with van der Waals surface area (Å²) in [6.45, 7) is 8.98. The van der Waals surface area contributed by atoms with Crippen LogP contribution < -0.4 is 10.2 Å². The summed E-state index contributed by atoms with van der Waals surface area (Å²) in [5, 5.41) is 10.1. The topological polar surface area (TPSA) is 54.2 Å². The lowest BCUT2D eigenvalue weighted by atomic mass is 9.92. The number of anilines is 1. The minimum absolute atomic E-state index is 0.241. The van der Waals surface area contributed by atoms with Crippen LogP contribution in [0.15, 0.2) is 35.0 Å². The fraction of sp³-hybridized carbons (Fsp3) is 0.400. The van der Waals surface area contributed by atoms with Crippen molar-refractivity contribution in [3.8, 4) is 0 Å². The lowest BCUT2D eigenvalue weighted by molar-refractivity contribution is 0.372. The van der Waals surface area contributed by atoms with E-state index >= 15 is 0 Å². The second kappa shape index (κ2) is 6.48. The predicted molar refractivity (Wildman–Crippen MR) is 102 cm³/mol. The highest BCUT2D eigenvalue weighted by Crippen LogP contribution is 2.29. The number of aryl methyl sites for hydroxylation is 2. The molecule has 132 valence electrons. The molecule has 0 radical (unpaired) electrons. The highest BCUT2D eigenvalue weighted by atomic mass is 16.5. The van der Waals surface area contributed by atoms with Crippen LogP contribution in [0.5, 0.6) is 0 Å². The molecule has 0 amide bonds. The Kier molecular flexibility index (Phi) is 4.52. The molecule has 0 unspecified atom stereocenters. The molecule has 1 N–H and O–H groups in total. The Hall–Kier alpha value is -2.40. The van der Waals surface area contributed by atoms with Crippen LogP contribution in [0.4, 0.5) is 5.82 Å². The molecule has 25 heavy (non-hydrogen) atoms. The lowest BCUT2D eigenvalue weighted by Crippen LogP contribution is -2.37. The number of hydrogen-bond acceptors (Lipinski definition) is 5. The molecule has 5 heteroatoms. The first-order chi connectivity index (χ1) is 11.8. The molecule has 0 spiro atoms. The molecule has 0 aliphatic carbocycles. The standard InChI is InChI=1S/C20H26N4O/c1-13-18(14(2)25-23-13)20(3,4)22-12-15-11-21-19(24(5)6)17-10-8-7-9-16(15)17/h7-11,22H,12H2,1-6H3. The number of nitrogens with zero attached hydrogens (tertiary/aromatic N) is 3. The molecule has 0 atom stereocenters. The van der Waals surface area contributed by atoms with Crippen molar-refractivity contribution < 1.29 is 4.52 Å². The summed E-state index contributed by atoms with van der Waals surface area (Å²) in [5.74, 6) is 1.85. The van der Waals surface area contributed by atoms with Crippen molar-refractivity contribution in [2.45, 2.75) is 39.8 Å². The lowest BCUT2D eigenvalue weighted by Gasteiger charge is -2.27. The molecule has 3 aromatic rings. The second-order valence-electron chi connectivity index (χ2n) is 7.22. The molecule has 0 saturated heterocycles. The Morgan fingerprint density at radius 2 is 1.80 bits per heavy atom. The SMILES string of the molecule is Cc1noc(C)c1C(C)(C)NCc1cnc(N(C)C)c2ccccc12. The summed E-state index contributed by atoms with van der Waals surface area (Å²) < 4.78 is 5.34. The van der Waals surface area contributed by atoms with E-state index in [0.29, 0.717) is 0 Å². The van der Waals surface area contributed by atoms with Gasteiger partial charge >= 0.3 is 0 Å². The van der Waals surface area contributed by atoms with Gasteiger partial charge in [0.05, 0.1) is 5.69 Å². The van der Waals surface area contributed by atoms with Gasteiger partial charge in [-0.1, -0.05) is 29.4 Å². The maximum Gasteiger partial charge on any atom is 0.138 e. The zero-order valence-corrected chi connectivity index (χ0v) is 15.8. The van der Waals surface area contributed by atoms with E-state index in [9.17, 15) is 0 Å². The first-order valence-electron chi connectivity index (χ1n) is 8.53. The molecule has 0 aliphatic heterocycles. The van der Waals surface area contributed by atoms with Gasteiger partial charge in [-0.3, -0.25) is 0 Å². The van der Waals surface area contributed by atoms with Crippen LogP contribution in [-0.4, -0.2) is 24.2 Å². The van der Waals surface area contributed by atoms with Crippen molar-refractivity contribution in [2.24, 2.45) is 0 Å². The number of rotatable bonds is 5. The van der Waals surface area contributed by atoms with Crippen LogP contribution in [0.1, 0.15) is 36.4 Å². The monoisotopic (exact) mass is 338 g/mol. The van der Waals surface area contributed by atoms with Crippen molar-refractivity contribution in [1.29, 1.82) is 0 Å². The van der Waals surface area contributed by atoms with E-state index in [0.717, 1.165) is 29.4 Å². The normalized spacial score (nSPS) is 11.9. The van der Waals surface area contributed by atoms with E-state index in [1.807, 2.05) is 39.0 Å². The molecule has 2 aromatic heterocycles. The van der Waals surface area contributed by atoms with Crippen molar-refractivity contribution in [3.05, 3.63) is 53.0 Å². The molecule has 0 aliphatic rings. The maximum absolute atomic E-state index is 5.34. The van der Waals surface area contributed by atoms with Crippen molar-refractivity contribution in [2.75, 3.05) is 19.0 Å². The Bertz CT molecular complexity index is 876. The highest BCUT2D eigenvalue weighted by Gasteiger charge is 2.27. The molecule has 3 rings (SSSR count). The van der Waals surface area contributed by atoms with Crippen molar-refractivity contribution in [3.63, 3.8) is 0 Å². The van der Waals surface area contributed by atoms with E-state index in [4.69, 9.17) is 4.52 Å². The Balaban J connectivity index is 1.93. The second-order valence-corrected chi connectivity index (χ2v) is 7.22. The van der Waals surface area contributed by atoms with Gasteiger partial charge in [0.25, 0.3) is 0 Å². The predicted octanol–water partition coefficient (Wildman–Crippen LogP) is 3.93. The Morgan fingerprint density at radius 3 is 2.40 bits per heavy atom. The van der Waals surface area contributed by atoms with E-state index in [-0.39, 0.29) is 5.54 Å². The van der Waals surface area contributed by atoms with Gasteiger partial charge in [-0.15, -0.1) is 0 Å². The zero-order valence-electron chi connectivity index (χ0n) is 15.8. The number of nitrogens with one attached hydrogen (secondary N) is 1. The first-order valence-corrected chi connectivity index (χ1v) is 8.53. The summed E-state index contributed by atoms with van der Waals surface area (Å²) in [4.78, 5) is 6.71. The third-order valence-corrected chi connectivity index (χ3v) is 4.66. The molecule has 5 nitrogen and oxygen atoms in total. The van der Waals surface area contributed by atoms with Gasteiger partial charge < -0.3 is 14.7 Å². The van der Waals surface area contributed by atoms with Crippen molar-refractivity contribution in [1.82, 2.24) is 15.5 Å². The van der Waals surface area contributed by atoms with E-state index in [1.54, 1.807) is 0 Å². The molecule has 0 fully saturated rings. The van der Waals surface area contributed by atoms with Crippen LogP contribution in [0, 0.1) is 13.8 Å². The summed E-state index contributed by atoms with van der Waals surface area (Å²) in [5.41, 5.74) is 2.99. The fourth-order valence-electron chi connectivity index (χ4n) is 3.51. The van der Waals surface area contributed by atoms with E-state index in [2.05, 4.69) is 53.6 Å². The van der Waals surface area contributed by atoms with Gasteiger partial charge in [0.15, 0.2) is 0 Å². The summed E-state index contributed by atoms with van der Waals surface area (Å²) in [6.07, 6.45) is 1.97. The van der Waals surface area contributed by atoms with Gasteiger partial charge in [0.2, 0.25) is 0 Å². The van der Waals surface area contributed by atoms with Gasteiger partial charge in [-0.05, 0) is 38.6 Å². The third kappa shape index (κ3) is 3.24. The zero-order chi connectivity index (χ0) is 18.2. The molecule has 2 heterocycles. The van der Waals surface area contributed by atoms with Crippen LogP contribution >= 0.6 is 0 Å². The minimum Gasteiger partial charge on any atom is -0.362 e. The van der Waals surface area contributed by atoms with Gasteiger partial charge in [0, 0.05) is 43.3 Å². The average Bonchev–Trinajstić information content (AvgIpc) is 2.91. The largest absolute Gasteiger partial charge is 0.362 e. The molecule has 0 saturated carbocycles. The maximum atomic E-state index is 5.34. The molecular weight excluding hydrogens is 312 g/mol. The Morgan fingerprint density at radius 1 is 1.12 bits per heavy atom. The minimum atomic E-state index is -0.241. The smallest absolute Gasteiger partial charge is 0.138 e. The Labute approximate surface area is 149 Å². The number of fused-ring (bicyclic) bond motifs is 1. The summed E-state index contributed by atoms with van der Waals surface area (Å²) in [6, 6.07) is 8.41. The number of benzene rings is 1. The average molecular weight is 338 g/mol. The highest BCUT2D eigenvalue weighted by molar-refractivity contribution is 5.94. The van der Waals surface area contributed by atoms with Gasteiger partial charge in [-0.2, -0.15) is 0 Å². The molecule has 1 aromatic carbocycles. The van der Waals surface area contributed by atoms with Crippen molar-refractivity contribution >= 4 is 16.6 Å². The van der Waals surface area contributed by atoms with E-state index < -0.39 is 0 Å². The van der Waals surface area contributed by atoms with Crippen LogP contribution in [0.25, 0.3) is 10.8 Å². The molecular formula is C20H26N4O. The van der Waals surface area contributed by atoms with Crippen LogP contribution in [0.3, 0.4) is 0 Å². The number of hydrogen-bond donors (Lipinski definition) is 1. The van der Waals surface area contributed by atoms with E-state index in [1.165, 1.54) is 16.3 Å². The number of pyridine rings is 1. The van der Waals surface area contributed by atoms with Crippen LogP contribution in [0.2, 0.25) is 0 Å². The fourth-order valence-corrected chi connectivity index (χ4v) is 3.51. The van der Waals surface area contributed by atoms with Gasteiger partial charge in [0.1, 0.15) is 11.6 Å². The quantitative estimate of drug-likeness (QED) is 0.764. The third-order valence-electron chi connectivity index (χ3n) is 4.66. The van der Waals surface area contributed by atoms with Crippen LogP contribution in [-0.2, 0) is 12.1 Å². The van der Waals surface area contributed by atoms with Gasteiger partial charge in [-0.25, -0.2) is 4.98 Å². The molecule has 0 bridgehead atoms. The summed E-state index contributed by atoms with van der Waals surface area (Å²) >= 11 is 0.